The van der Waals surface area contributed by atoms with Crippen LogP contribution in [0.1, 0.15) is 18.4 Å². The standard InChI is InChI=1S/C16H24N2O/c1-14-6-8-16(9-7-14)19-12-4-11-18-10-3-2-5-15(18)13-17/h2,5-9,15H,3-4,10-13,17H2,1H3. The van der Waals surface area contributed by atoms with Crippen molar-refractivity contribution in [1.82, 2.24) is 4.90 Å². The lowest BCUT2D eigenvalue weighted by Gasteiger charge is -2.31. The number of hydrogen-bond donors (Lipinski definition) is 1. The Hall–Kier alpha value is -1.32. The highest BCUT2D eigenvalue weighted by Crippen LogP contribution is 2.13. The monoisotopic (exact) mass is 260 g/mol. The lowest BCUT2D eigenvalue weighted by atomic mass is 10.1. The Morgan fingerprint density at radius 1 is 1.32 bits per heavy atom. The molecule has 0 aliphatic carbocycles. The highest BCUT2D eigenvalue weighted by atomic mass is 16.5. The molecule has 19 heavy (non-hydrogen) atoms. The summed E-state index contributed by atoms with van der Waals surface area (Å²) in [5.41, 5.74) is 7.04. The van der Waals surface area contributed by atoms with Crippen molar-refractivity contribution in [2.45, 2.75) is 25.8 Å². The van der Waals surface area contributed by atoms with Gasteiger partial charge in [-0.3, -0.25) is 4.90 Å². The van der Waals surface area contributed by atoms with Crippen LogP contribution in [0.5, 0.6) is 5.75 Å². The number of aryl methyl sites for hydroxylation is 1. The molecule has 0 spiro atoms. The molecule has 1 aliphatic heterocycles. The van der Waals surface area contributed by atoms with Crippen LogP contribution in [-0.2, 0) is 0 Å². The van der Waals surface area contributed by atoms with Gasteiger partial charge in [0.2, 0.25) is 0 Å². The molecule has 0 aromatic heterocycles. The fourth-order valence-electron chi connectivity index (χ4n) is 2.38. The first-order valence-corrected chi connectivity index (χ1v) is 7.10. The smallest absolute Gasteiger partial charge is 0.119 e. The van der Waals surface area contributed by atoms with E-state index in [1.165, 1.54) is 5.56 Å². The number of hydrogen-bond acceptors (Lipinski definition) is 3. The molecule has 0 radical (unpaired) electrons. The first-order valence-electron chi connectivity index (χ1n) is 7.10. The van der Waals surface area contributed by atoms with E-state index < -0.39 is 0 Å². The van der Waals surface area contributed by atoms with E-state index in [9.17, 15) is 0 Å². The lowest BCUT2D eigenvalue weighted by Crippen LogP contribution is -2.42. The van der Waals surface area contributed by atoms with E-state index in [0.717, 1.165) is 38.3 Å². The van der Waals surface area contributed by atoms with Crippen LogP contribution in [-0.4, -0.2) is 37.2 Å². The van der Waals surface area contributed by atoms with Crippen molar-refractivity contribution in [3.63, 3.8) is 0 Å². The highest BCUT2D eigenvalue weighted by Gasteiger charge is 2.16. The topological polar surface area (TPSA) is 38.5 Å². The zero-order valence-corrected chi connectivity index (χ0v) is 11.7. The van der Waals surface area contributed by atoms with Gasteiger partial charge in [-0.1, -0.05) is 29.8 Å². The summed E-state index contributed by atoms with van der Waals surface area (Å²) in [4.78, 5) is 2.44. The van der Waals surface area contributed by atoms with Crippen LogP contribution in [0, 0.1) is 6.92 Å². The van der Waals surface area contributed by atoms with Crippen molar-refractivity contribution in [1.29, 1.82) is 0 Å². The SMILES string of the molecule is Cc1ccc(OCCCN2CCC=CC2CN)cc1. The van der Waals surface area contributed by atoms with E-state index in [1.807, 2.05) is 12.1 Å². The summed E-state index contributed by atoms with van der Waals surface area (Å²) in [6, 6.07) is 8.63. The molecule has 0 saturated heterocycles. The molecule has 1 aromatic rings. The van der Waals surface area contributed by atoms with Crippen LogP contribution in [0.25, 0.3) is 0 Å². The molecule has 1 atom stereocenters. The van der Waals surface area contributed by atoms with Gasteiger partial charge in [0.05, 0.1) is 6.61 Å². The Bertz CT molecular complexity index is 400. The second-order valence-electron chi connectivity index (χ2n) is 5.07. The normalized spacial score (nSPS) is 19.6. The Morgan fingerprint density at radius 3 is 2.84 bits per heavy atom. The van der Waals surface area contributed by atoms with E-state index in [0.29, 0.717) is 12.6 Å². The molecule has 3 nitrogen and oxygen atoms in total. The van der Waals surface area contributed by atoms with Gasteiger partial charge in [-0.15, -0.1) is 0 Å². The Balaban J connectivity index is 1.69. The molecule has 1 heterocycles. The predicted octanol–water partition coefficient (Wildman–Crippen LogP) is 2.35. The third-order valence-electron chi connectivity index (χ3n) is 3.53. The first kappa shape index (κ1) is 14.1. The largest absolute Gasteiger partial charge is 0.494 e. The molecule has 0 saturated carbocycles. The zero-order chi connectivity index (χ0) is 13.5. The molecular weight excluding hydrogens is 236 g/mol. The van der Waals surface area contributed by atoms with Gasteiger partial charge in [-0.2, -0.15) is 0 Å². The van der Waals surface area contributed by atoms with Crippen molar-refractivity contribution in [2.24, 2.45) is 5.73 Å². The average Bonchev–Trinajstić information content (AvgIpc) is 2.46. The van der Waals surface area contributed by atoms with Gasteiger partial charge in [0.15, 0.2) is 0 Å². The van der Waals surface area contributed by atoms with Crippen LogP contribution in [0.15, 0.2) is 36.4 Å². The van der Waals surface area contributed by atoms with Crippen molar-refractivity contribution >= 4 is 0 Å². The number of rotatable bonds is 6. The van der Waals surface area contributed by atoms with E-state index in [1.54, 1.807) is 0 Å². The Kier molecular flexibility index (Phi) is 5.43. The molecule has 0 fully saturated rings. The second kappa shape index (κ2) is 7.31. The molecule has 104 valence electrons. The summed E-state index contributed by atoms with van der Waals surface area (Å²) in [6.45, 7) is 5.72. The van der Waals surface area contributed by atoms with E-state index in [4.69, 9.17) is 10.5 Å². The minimum Gasteiger partial charge on any atom is -0.494 e. The third kappa shape index (κ3) is 4.37. The first-order chi connectivity index (χ1) is 9.29. The van der Waals surface area contributed by atoms with E-state index in [-0.39, 0.29) is 0 Å². The quantitative estimate of drug-likeness (QED) is 0.630. The van der Waals surface area contributed by atoms with Crippen LogP contribution >= 0.6 is 0 Å². The molecule has 0 bridgehead atoms. The minimum absolute atomic E-state index is 0.410. The number of nitrogens with zero attached hydrogens (tertiary/aromatic N) is 1. The van der Waals surface area contributed by atoms with Gasteiger partial charge in [0.25, 0.3) is 0 Å². The molecule has 2 N–H and O–H groups in total. The molecule has 3 heteroatoms. The van der Waals surface area contributed by atoms with Gasteiger partial charge < -0.3 is 10.5 Å². The van der Waals surface area contributed by atoms with E-state index >= 15 is 0 Å². The Labute approximate surface area is 116 Å². The zero-order valence-electron chi connectivity index (χ0n) is 11.7. The number of ether oxygens (including phenoxy) is 1. The van der Waals surface area contributed by atoms with Crippen molar-refractivity contribution in [3.8, 4) is 5.75 Å². The van der Waals surface area contributed by atoms with Crippen LogP contribution in [0.4, 0.5) is 0 Å². The molecule has 1 unspecified atom stereocenters. The van der Waals surface area contributed by atoms with Crippen LogP contribution in [0.3, 0.4) is 0 Å². The summed E-state index contributed by atoms with van der Waals surface area (Å²) in [5.74, 6) is 0.958. The molecular formula is C16H24N2O. The summed E-state index contributed by atoms with van der Waals surface area (Å²) < 4.78 is 5.74. The molecule has 1 aromatic carbocycles. The average molecular weight is 260 g/mol. The Morgan fingerprint density at radius 2 is 2.11 bits per heavy atom. The van der Waals surface area contributed by atoms with Gasteiger partial charge in [-0.25, -0.2) is 0 Å². The third-order valence-corrected chi connectivity index (χ3v) is 3.53. The van der Waals surface area contributed by atoms with Crippen LogP contribution < -0.4 is 10.5 Å². The van der Waals surface area contributed by atoms with Gasteiger partial charge in [0.1, 0.15) is 5.75 Å². The fourth-order valence-corrected chi connectivity index (χ4v) is 2.38. The molecule has 2 rings (SSSR count). The van der Waals surface area contributed by atoms with Gasteiger partial charge in [-0.05, 0) is 31.9 Å². The lowest BCUT2D eigenvalue weighted by molar-refractivity contribution is 0.202. The minimum atomic E-state index is 0.410. The molecule has 1 aliphatic rings. The van der Waals surface area contributed by atoms with Crippen LogP contribution in [0.2, 0.25) is 0 Å². The van der Waals surface area contributed by atoms with Gasteiger partial charge in [0, 0.05) is 25.7 Å². The predicted molar refractivity (Wildman–Crippen MR) is 79.5 cm³/mol. The fraction of sp³-hybridized carbons (Fsp3) is 0.500. The van der Waals surface area contributed by atoms with E-state index in [2.05, 4.69) is 36.1 Å². The highest BCUT2D eigenvalue weighted by molar-refractivity contribution is 5.26. The summed E-state index contributed by atoms with van der Waals surface area (Å²) in [5, 5.41) is 0. The maximum absolute atomic E-state index is 5.78. The molecule has 0 amide bonds. The second-order valence-corrected chi connectivity index (χ2v) is 5.07. The summed E-state index contributed by atoms with van der Waals surface area (Å²) in [6.07, 6.45) is 6.63. The number of benzene rings is 1. The summed E-state index contributed by atoms with van der Waals surface area (Å²) >= 11 is 0. The van der Waals surface area contributed by atoms with Crippen molar-refractivity contribution < 1.29 is 4.74 Å². The summed E-state index contributed by atoms with van der Waals surface area (Å²) in [7, 11) is 0. The maximum atomic E-state index is 5.78. The maximum Gasteiger partial charge on any atom is 0.119 e. The van der Waals surface area contributed by atoms with Crippen molar-refractivity contribution in [2.75, 3.05) is 26.2 Å². The van der Waals surface area contributed by atoms with Gasteiger partial charge >= 0.3 is 0 Å². The number of nitrogens with two attached hydrogens (primary N) is 1. The van der Waals surface area contributed by atoms with Crippen molar-refractivity contribution in [3.05, 3.63) is 42.0 Å².